The third-order valence-corrected chi connectivity index (χ3v) is 3.58. The Morgan fingerprint density at radius 2 is 2.10 bits per heavy atom. The van der Waals surface area contributed by atoms with Crippen LogP contribution < -0.4 is 10.5 Å². The average Bonchev–Trinajstić information content (AvgIpc) is 2.77. The lowest BCUT2D eigenvalue weighted by Gasteiger charge is -2.05. The van der Waals surface area contributed by atoms with Crippen LogP contribution in [0.3, 0.4) is 0 Å². The molecule has 0 saturated heterocycles. The van der Waals surface area contributed by atoms with Crippen LogP contribution in [0.4, 0.5) is 5.82 Å². The van der Waals surface area contributed by atoms with E-state index in [9.17, 15) is 0 Å². The summed E-state index contributed by atoms with van der Waals surface area (Å²) >= 11 is 2.42. The Morgan fingerprint density at radius 1 is 1.33 bits per heavy atom. The Hall–Kier alpha value is -2.54. The van der Waals surface area contributed by atoms with Gasteiger partial charge in [-0.15, -0.1) is 0 Å². The predicted molar refractivity (Wildman–Crippen MR) is 78.6 cm³/mol. The van der Waals surface area contributed by atoms with Gasteiger partial charge in [0.2, 0.25) is 5.88 Å². The molecule has 0 aliphatic carbocycles. The number of anilines is 1. The molecule has 100 valence electrons. The minimum Gasteiger partial charge on any atom is -0.472 e. The minimum absolute atomic E-state index is 0.317. The maximum absolute atomic E-state index is 9.10. The summed E-state index contributed by atoms with van der Waals surface area (Å²) in [7, 11) is 0. The molecule has 6 nitrogen and oxygen atoms in total. The van der Waals surface area contributed by atoms with Gasteiger partial charge in [0.1, 0.15) is 29.4 Å². The molecule has 0 amide bonds. The topological polar surface area (TPSA) is 89.8 Å². The fraction of sp³-hybridized carbons (Fsp3) is 0.0714. The largest absolute Gasteiger partial charge is 0.472 e. The zero-order valence-corrected chi connectivity index (χ0v) is 12.2. The molecular weight excluding hydrogens is 281 g/mol. The van der Waals surface area contributed by atoms with Gasteiger partial charge in [-0.1, -0.05) is 30.3 Å². The number of nitrogens with zero attached hydrogens (tertiary/aromatic N) is 4. The Balaban J connectivity index is 1.92. The zero-order chi connectivity index (χ0) is 14.8. The number of nitrogens with two attached hydrogens (primary N) is 1. The van der Waals surface area contributed by atoms with E-state index >= 15 is 0 Å². The number of aromatic nitrogens is 3. The summed E-state index contributed by atoms with van der Waals surface area (Å²) in [6, 6.07) is 11.8. The second-order valence-electron chi connectivity index (χ2n) is 4.40. The monoisotopic (exact) mass is 291 g/mol. The lowest BCUT2D eigenvalue weighted by molar-refractivity contribution is 0.293. The van der Waals surface area contributed by atoms with Gasteiger partial charge in [0.05, 0.1) is 12.0 Å². The zero-order valence-electron chi connectivity index (χ0n) is 11.0. The van der Waals surface area contributed by atoms with Crippen LogP contribution in [0.15, 0.2) is 36.5 Å². The van der Waals surface area contributed by atoms with E-state index in [1.807, 2.05) is 36.4 Å². The van der Waals surface area contributed by atoms with Gasteiger partial charge in [-0.25, -0.2) is 4.98 Å². The second-order valence-corrected chi connectivity index (χ2v) is 4.91. The number of hydrogen-bond acceptors (Lipinski definition) is 5. The van der Waals surface area contributed by atoms with Gasteiger partial charge in [0.15, 0.2) is 0 Å². The lowest BCUT2D eigenvalue weighted by atomic mass is 10.2. The molecule has 0 aliphatic heterocycles. The fourth-order valence-electron chi connectivity index (χ4n) is 1.98. The highest BCUT2D eigenvalue weighted by Crippen LogP contribution is 2.24. The van der Waals surface area contributed by atoms with Crippen molar-refractivity contribution in [1.82, 2.24) is 13.5 Å². The van der Waals surface area contributed by atoms with Crippen LogP contribution in [0.1, 0.15) is 11.1 Å². The van der Waals surface area contributed by atoms with Crippen molar-refractivity contribution >= 4 is 33.5 Å². The Morgan fingerprint density at radius 3 is 2.81 bits per heavy atom. The van der Waals surface area contributed by atoms with Crippen molar-refractivity contribution in [2.24, 2.45) is 0 Å². The molecule has 0 unspecified atom stereocenters. The van der Waals surface area contributed by atoms with Crippen molar-refractivity contribution in [3.05, 3.63) is 47.7 Å². The van der Waals surface area contributed by atoms with Crippen molar-refractivity contribution in [2.75, 3.05) is 5.73 Å². The third kappa shape index (κ3) is 2.43. The summed E-state index contributed by atoms with van der Waals surface area (Å²) in [6.07, 6.45) is 1.50. The number of nitrogen functional groups attached to an aromatic ring is 1. The molecule has 0 saturated carbocycles. The molecule has 7 heteroatoms. The van der Waals surface area contributed by atoms with E-state index in [0.29, 0.717) is 35.0 Å². The maximum Gasteiger partial charge on any atom is 0.323 e. The van der Waals surface area contributed by atoms with Crippen LogP contribution in [0.5, 0.6) is 5.88 Å². The van der Waals surface area contributed by atoms with E-state index in [1.165, 1.54) is 6.20 Å². The van der Waals surface area contributed by atoms with Crippen molar-refractivity contribution in [1.29, 1.82) is 5.26 Å². The molecule has 0 bridgehead atoms. The smallest absolute Gasteiger partial charge is 0.323 e. The van der Waals surface area contributed by atoms with Gasteiger partial charge in [0.25, 0.3) is 0 Å². The number of hydrogen-bond donors (Lipinski definition) is 1. The van der Waals surface area contributed by atoms with E-state index in [2.05, 4.69) is 26.5 Å². The number of nitriles is 1. The van der Waals surface area contributed by atoms with Gasteiger partial charge < -0.3 is 14.0 Å². The first-order valence-electron chi connectivity index (χ1n) is 6.19. The molecule has 2 N–H and O–H groups in total. The Bertz CT molecular complexity index is 838. The van der Waals surface area contributed by atoms with Gasteiger partial charge in [0, 0.05) is 0 Å². The summed E-state index contributed by atoms with van der Waals surface area (Å²) in [4.78, 5) is 8.57. The summed E-state index contributed by atoms with van der Waals surface area (Å²) < 4.78 is 7.17. The highest BCUT2D eigenvalue weighted by molar-refractivity contribution is 6.14. The number of benzene rings is 1. The van der Waals surface area contributed by atoms with Crippen molar-refractivity contribution in [2.45, 2.75) is 6.61 Å². The third-order valence-electron chi connectivity index (χ3n) is 3.05. The molecule has 3 aromatic rings. The Kier molecular flexibility index (Phi) is 3.49. The van der Waals surface area contributed by atoms with Crippen molar-refractivity contribution in [3.8, 4) is 11.9 Å². The Labute approximate surface area is 129 Å². The number of rotatable bonds is 3. The molecule has 2 aromatic heterocycles. The first kappa shape index (κ1) is 13.4. The second kappa shape index (κ2) is 5.45. The van der Waals surface area contributed by atoms with Crippen LogP contribution >= 0.6 is 0 Å². The van der Waals surface area contributed by atoms with Crippen LogP contribution in [0.2, 0.25) is 0 Å². The van der Waals surface area contributed by atoms with Crippen LogP contribution in [0, 0.1) is 11.3 Å². The summed E-state index contributed by atoms with van der Waals surface area (Å²) in [6.45, 7) is 0.402. The van der Waals surface area contributed by atoms with Crippen molar-refractivity contribution < 1.29 is 4.74 Å². The molecule has 3 rings (SSSR count). The first-order chi connectivity index (χ1) is 10.2. The normalized spacial score (nSPS) is 10.4. The van der Waals surface area contributed by atoms with E-state index in [4.69, 9.17) is 15.7 Å². The predicted octanol–water partition coefficient (Wildman–Crippen LogP) is 1.40. The minimum atomic E-state index is 0.317. The summed E-state index contributed by atoms with van der Waals surface area (Å²) in [5.41, 5.74) is 8.17. The quantitative estimate of drug-likeness (QED) is 0.737. The number of fused-ring (bicyclic) bond motifs is 1. The van der Waals surface area contributed by atoms with Gasteiger partial charge in [-0.05, 0) is 5.56 Å². The SMILES string of the molecule is N#Cc1c(N)[n]([Al])c2nc(OCc3ccccc3)cnc12. The van der Waals surface area contributed by atoms with E-state index < -0.39 is 0 Å². The fourth-order valence-corrected chi connectivity index (χ4v) is 2.28. The van der Waals surface area contributed by atoms with E-state index in [1.54, 1.807) is 3.55 Å². The van der Waals surface area contributed by atoms with E-state index in [0.717, 1.165) is 5.56 Å². The first-order valence-corrected chi connectivity index (χ1v) is 6.71. The molecule has 2 heterocycles. The molecule has 21 heavy (non-hydrogen) atoms. The highest BCUT2D eigenvalue weighted by atomic mass is 27.1. The highest BCUT2D eigenvalue weighted by Gasteiger charge is 2.14. The van der Waals surface area contributed by atoms with Crippen LogP contribution in [0.25, 0.3) is 11.2 Å². The van der Waals surface area contributed by atoms with Gasteiger partial charge >= 0.3 is 16.5 Å². The molecule has 0 spiro atoms. The van der Waals surface area contributed by atoms with Gasteiger partial charge in [-0.2, -0.15) is 10.2 Å². The molecule has 1 aromatic carbocycles. The average molecular weight is 291 g/mol. The molecule has 0 aliphatic rings. The van der Waals surface area contributed by atoms with Crippen LogP contribution in [-0.4, -0.2) is 30.0 Å². The lowest BCUT2D eigenvalue weighted by Crippen LogP contribution is -2.02. The molecular formula is C14H10AlN5O. The molecule has 0 atom stereocenters. The summed E-state index contributed by atoms with van der Waals surface area (Å²) in [5, 5.41) is 9.10. The van der Waals surface area contributed by atoms with E-state index in [-0.39, 0.29) is 0 Å². The summed E-state index contributed by atoms with van der Waals surface area (Å²) in [5.74, 6) is 0.703. The maximum atomic E-state index is 9.10. The molecule has 0 fully saturated rings. The standard InChI is InChI=1S/C14H10N5O.Al/c15-6-10-12-14(19-13(10)16)18-11(7-17-12)20-8-9-4-2-1-3-5-9;/h1-5,7H,8,16H2;/q-1;+1. The number of ether oxygens (including phenoxy) is 1. The van der Waals surface area contributed by atoms with Gasteiger partial charge in [-0.3, -0.25) is 0 Å². The van der Waals surface area contributed by atoms with Crippen molar-refractivity contribution in [3.63, 3.8) is 0 Å². The van der Waals surface area contributed by atoms with Crippen LogP contribution in [-0.2, 0) is 6.61 Å². The molecule has 2 radical (unpaired) electrons.